The predicted molar refractivity (Wildman–Crippen MR) is 132 cm³/mol. The summed E-state index contributed by atoms with van der Waals surface area (Å²) in [6.45, 7) is 0. The fourth-order valence-electron chi connectivity index (χ4n) is 3.08. The molecule has 4 aromatic rings. The summed E-state index contributed by atoms with van der Waals surface area (Å²) in [5.41, 5.74) is 0. The quantitative estimate of drug-likeness (QED) is 0.287. The highest BCUT2D eigenvalue weighted by Gasteiger charge is 2.18. The summed E-state index contributed by atoms with van der Waals surface area (Å²) in [5, 5.41) is 0. The van der Waals surface area contributed by atoms with Gasteiger partial charge in [0.2, 0.25) is 0 Å². The van der Waals surface area contributed by atoms with Gasteiger partial charge in [-0.25, -0.2) is 0 Å². The van der Waals surface area contributed by atoms with E-state index in [2.05, 4.69) is 72.8 Å². The molecule has 4 heterocycles. The van der Waals surface area contributed by atoms with Crippen LogP contribution >= 0.6 is 69.7 Å². The van der Waals surface area contributed by atoms with Gasteiger partial charge in [0.05, 0.1) is 8.47 Å². The number of thiophene rings is 2. The smallest absolute Gasteiger partial charge is 0.0513 e. The molecule has 0 fully saturated rings. The Morgan fingerprint density at radius 2 is 0.857 bits per heavy atom. The Labute approximate surface area is 188 Å². The van der Waals surface area contributed by atoms with Crippen molar-refractivity contribution in [3.05, 3.63) is 78.9 Å². The Kier molecular flexibility index (Phi) is 4.67. The van der Waals surface area contributed by atoms with E-state index in [-0.39, 0.29) is 0 Å². The van der Waals surface area contributed by atoms with Crippen molar-refractivity contribution in [3.8, 4) is 0 Å². The molecule has 0 saturated carbocycles. The molecule has 0 spiro atoms. The third-order valence-corrected chi connectivity index (χ3v) is 11.3. The second-order valence-electron chi connectivity index (χ2n) is 6.25. The van der Waals surface area contributed by atoms with Crippen molar-refractivity contribution < 1.29 is 0 Å². The van der Waals surface area contributed by atoms with Gasteiger partial charge >= 0.3 is 0 Å². The van der Waals surface area contributed by atoms with Crippen LogP contribution in [0.3, 0.4) is 0 Å². The molecule has 136 valence electrons. The molecule has 2 aliphatic rings. The first kappa shape index (κ1) is 17.8. The maximum absolute atomic E-state index is 2.34. The summed E-state index contributed by atoms with van der Waals surface area (Å²) in [6.07, 6.45) is 4.67. The van der Waals surface area contributed by atoms with Crippen LogP contribution in [0.5, 0.6) is 0 Å². The Morgan fingerprint density at radius 3 is 1.21 bits per heavy atom. The van der Waals surface area contributed by atoms with Crippen molar-refractivity contribution in [2.45, 2.75) is 19.6 Å². The van der Waals surface area contributed by atoms with Gasteiger partial charge in [-0.2, -0.15) is 0 Å². The summed E-state index contributed by atoms with van der Waals surface area (Å²) >= 11 is 11.3. The second kappa shape index (κ2) is 7.35. The van der Waals surface area contributed by atoms with E-state index in [0.29, 0.717) is 0 Å². The van der Waals surface area contributed by atoms with E-state index >= 15 is 0 Å². The second-order valence-corrected chi connectivity index (χ2v) is 13.3. The minimum Gasteiger partial charge on any atom is -0.135 e. The molecule has 2 aromatic carbocycles. The minimum atomic E-state index is 1.35. The van der Waals surface area contributed by atoms with Gasteiger partial charge in [-0.1, -0.05) is 71.3 Å². The van der Waals surface area contributed by atoms with Gasteiger partial charge < -0.3 is 0 Å². The zero-order chi connectivity index (χ0) is 18.5. The van der Waals surface area contributed by atoms with Crippen molar-refractivity contribution in [3.63, 3.8) is 0 Å². The summed E-state index contributed by atoms with van der Waals surface area (Å²) in [4.78, 5) is 8.19. The van der Waals surface area contributed by atoms with Gasteiger partial charge in [-0.15, -0.1) is 22.7 Å². The van der Waals surface area contributed by atoms with Crippen molar-refractivity contribution in [2.75, 3.05) is 0 Å². The molecule has 0 nitrogen and oxygen atoms in total. The van der Waals surface area contributed by atoms with Gasteiger partial charge in [-0.3, -0.25) is 0 Å². The lowest BCUT2D eigenvalue weighted by Crippen LogP contribution is -1.65. The van der Waals surface area contributed by atoms with E-state index in [1.54, 1.807) is 0 Å². The molecule has 0 atom stereocenters. The standard InChI is InChI=1S/C22H12S6/c1-2-6-16-15(5-1)25-21(26-16)11-13-9-19-20(23-13)10-14(24-19)12-22-27-17-7-3-4-8-18(17)28-22/h1-12H. The topological polar surface area (TPSA) is 0 Å². The van der Waals surface area contributed by atoms with Crippen LogP contribution < -0.4 is 0 Å². The van der Waals surface area contributed by atoms with E-state index in [1.165, 1.54) is 47.2 Å². The summed E-state index contributed by atoms with van der Waals surface area (Å²) in [6, 6.07) is 22.0. The summed E-state index contributed by atoms with van der Waals surface area (Å²) < 4.78 is 5.52. The largest absolute Gasteiger partial charge is 0.135 e. The van der Waals surface area contributed by atoms with E-state index in [9.17, 15) is 0 Å². The lowest BCUT2D eigenvalue weighted by Gasteiger charge is -1.92. The fraction of sp³-hybridized carbons (Fsp3) is 0. The molecule has 0 saturated heterocycles. The Hall–Kier alpha value is -1.02. The molecule has 0 radical (unpaired) electrons. The van der Waals surface area contributed by atoms with Crippen LogP contribution in [0.15, 0.2) is 88.7 Å². The molecule has 0 unspecified atom stereocenters. The first-order valence-corrected chi connectivity index (χ1v) is 13.6. The van der Waals surface area contributed by atoms with Crippen LogP contribution in [0.1, 0.15) is 9.75 Å². The molecule has 28 heavy (non-hydrogen) atoms. The van der Waals surface area contributed by atoms with E-state index in [0.717, 1.165) is 0 Å². The third-order valence-electron chi connectivity index (χ3n) is 4.31. The number of thioether (sulfide) groups is 4. The number of rotatable bonds is 2. The molecule has 2 aromatic heterocycles. The average Bonchev–Trinajstić information content (AvgIpc) is 3.42. The number of benzene rings is 2. The molecule has 2 aliphatic heterocycles. The van der Waals surface area contributed by atoms with Gasteiger partial charge in [0.25, 0.3) is 0 Å². The van der Waals surface area contributed by atoms with Gasteiger partial charge in [0.1, 0.15) is 0 Å². The van der Waals surface area contributed by atoms with Gasteiger partial charge in [0, 0.05) is 38.7 Å². The molecular weight excluding hydrogens is 457 g/mol. The molecule has 6 heteroatoms. The third kappa shape index (κ3) is 3.40. The number of hydrogen-bond donors (Lipinski definition) is 0. The zero-order valence-corrected chi connectivity index (χ0v) is 19.3. The maximum Gasteiger partial charge on any atom is 0.0513 e. The fourth-order valence-corrected chi connectivity index (χ4v) is 10.5. The zero-order valence-electron chi connectivity index (χ0n) is 14.4. The van der Waals surface area contributed by atoms with E-state index in [4.69, 9.17) is 0 Å². The molecule has 0 aliphatic carbocycles. The van der Waals surface area contributed by atoms with Crippen LogP contribution in [0.25, 0.3) is 21.6 Å². The van der Waals surface area contributed by atoms with Crippen molar-refractivity contribution in [2.24, 2.45) is 0 Å². The molecule has 0 amide bonds. The van der Waals surface area contributed by atoms with Crippen LogP contribution in [0.2, 0.25) is 0 Å². The van der Waals surface area contributed by atoms with Crippen LogP contribution in [-0.4, -0.2) is 0 Å². The lowest BCUT2D eigenvalue weighted by molar-refractivity contribution is 1.27. The molecular formula is C22H12S6. The predicted octanol–water partition coefficient (Wildman–Crippen LogP) is 9.36. The first-order valence-electron chi connectivity index (χ1n) is 8.66. The van der Waals surface area contributed by atoms with Crippen molar-refractivity contribution in [1.82, 2.24) is 0 Å². The summed E-state index contributed by atoms with van der Waals surface area (Å²) in [7, 11) is 0. The highest BCUT2D eigenvalue weighted by molar-refractivity contribution is 8.25. The molecule has 0 N–H and O–H groups in total. The van der Waals surface area contributed by atoms with E-state index in [1.807, 2.05) is 69.7 Å². The van der Waals surface area contributed by atoms with E-state index < -0.39 is 0 Å². The maximum atomic E-state index is 2.34. The molecule has 0 bridgehead atoms. The van der Waals surface area contributed by atoms with Gasteiger partial charge in [-0.05, 0) is 48.6 Å². The van der Waals surface area contributed by atoms with Gasteiger partial charge in [0.15, 0.2) is 0 Å². The van der Waals surface area contributed by atoms with Crippen molar-refractivity contribution in [1.29, 1.82) is 0 Å². The Bertz CT molecular complexity index is 1090. The number of fused-ring (bicyclic) bond motifs is 3. The Morgan fingerprint density at radius 1 is 0.500 bits per heavy atom. The Balaban J connectivity index is 1.24. The summed E-state index contributed by atoms with van der Waals surface area (Å²) in [5.74, 6) is 0. The normalized spacial score (nSPS) is 15.1. The highest BCUT2D eigenvalue weighted by atomic mass is 32.2. The number of hydrogen-bond acceptors (Lipinski definition) is 6. The monoisotopic (exact) mass is 468 g/mol. The van der Waals surface area contributed by atoms with Crippen LogP contribution in [-0.2, 0) is 0 Å². The highest BCUT2D eigenvalue weighted by Crippen LogP contribution is 2.53. The first-order chi connectivity index (χ1) is 13.8. The lowest BCUT2D eigenvalue weighted by atomic mass is 10.4. The van der Waals surface area contributed by atoms with Crippen LogP contribution in [0, 0.1) is 0 Å². The minimum absolute atomic E-state index is 1.35. The average molecular weight is 469 g/mol. The van der Waals surface area contributed by atoms with Crippen molar-refractivity contribution >= 4 is 91.3 Å². The molecule has 6 rings (SSSR count). The SMILES string of the molecule is C(=C1Sc2ccccc2S1)c1cc2sc(C=C3Sc4ccccc4S3)cc2s1. The van der Waals surface area contributed by atoms with Crippen LogP contribution in [0.4, 0.5) is 0 Å².